The molecule has 2 heterocycles. The summed E-state index contributed by atoms with van der Waals surface area (Å²) < 4.78 is 1.66. The van der Waals surface area contributed by atoms with Gasteiger partial charge in [-0.15, -0.1) is 29.9 Å². The summed E-state index contributed by atoms with van der Waals surface area (Å²) in [5.41, 5.74) is 2.32. The van der Waals surface area contributed by atoms with Crippen molar-refractivity contribution >= 4 is 24.8 Å². The molecule has 2 aromatic rings. The van der Waals surface area contributed by atoms with E-state index in [1.807, 2.05) is 12.1 Å². The zero-order valence-corrected chi connectivity index (χ0v) is 12.6. The first-order valence-corrected chi connectivity index (χ1v) is 6.17. The Morgan fingerprint density at radius 1 is 1.05 bits per heavy atom. The monoisotopic (exact) mass is 316 g/mol. The van der Waals surface area contributed by atoms with Crippen molar-refractivity contribution in [3.05, 3.63) is 36.2 Å². The van der Waals surface area contributed by atoms with E-state index in [0.717, 1.165) is 38.4 Å². The van der Waals surface area contributed by atoms with E-state index in [9.17, 15) is 0 Å². The van der Waals surface area contributed by atoms with E-state index in [-0.39, 0.29) is 24.8 Å². The van der Waals surface area contributed by atoms with Gasteiger partial charge in [-0.2, -0.15) is 0 Å². The molecule has 1 aromatic carbocycles. The van der Waals surface area contributed by atoms with Gasteiger partial charge in [-0.1, -0.05) is 12.1 Å². The Hall–Kier alpha value is -1.21. The smallest absolute Gasteiger partial charge is 0.143 e. The third-order valence-electron chi connectivity index (χ3n) is 3.17. The Labute approximate surface area is 130 Å². The van der Waals surface area contributed by atoms with Crippen LogP contribution >= 0.6 is 24.8 Å². The Balaban J connectivity index is 0.000001000. The summed E-state index contributed by atoms with van der Waals surface area (Å²) in [6.07, 6.45) is 1.60. The van der Waals surface area contributed by atoms with E-state index in [1.165, 1.54) is 5.56 Å². The van der Waals surface area contributed by atoms with E-state index in [1.54, 1.807) is 11.0 Å². The summed E-state index contributed by atoms with van der Waals surface area (Å²) in [5, 5.41) is 14.5. The maximum Gasteiger partial charge on any atom is 0.143 e. The molecule has 0 bridgehead atoms. The summed E-state index contributed by atoms with van der Waals surface area (Å²) in [6, 6.07) is 8.37. The van der Waals surface area contributed by atoms with Crippen molar-refractivity contribution in [3.63, 3.8) is 0 Å². The Morgan fingerprint density at radius 3 is 2.35 bits per heavy atom. The van der Waals surface area contributed by atoms with E-state index in [2.05, 4.69) is 37.9 Å². The van der Waals surface area contributed by atoms with E-state index in [4.69, 9.17) is 0 Å². The van der Waals surface area contributed by atoms with Crippen molar-refractivity contribution in [2.75, 3.05) is 26.2 Å². The van der Waals surface area contributed by atoms with Gasteiger partial charge in [0.1, 0.15) is 6.33 Å². The first kappa shape index (κ1) is 16.8. The maximum absolute atomic E-state index is 3.87. The largest absolute Gasteiger partial charge is 0.314 e. The molecule has 0 radical (unpaired) electrons. The predicted octanol–water partition coefficient (Wildman–Crippen LogP) is 0.911. The number of nitrogens with one attached hydrogen (secondary N) is 1. The highest BCUT2D eigenvalue weighted by Crippen LogP contribution is 2.10. The predicted molar refractivity (Wildman–Crippen MR) is 81.8 cm³/mol. The number of benzene rings is 1. The zero-order chi connectivity index (χ0) is 12.2. The summed E-state index contributed by atoms with van der Waals surface area (Å²) in [7, 11) is 0. The number of tetrazole rings is 1. The number of nitrogens with zero attached hydrogens (tertiary/aromatic N) is 5. The number of halogens is 2. The van der Waals surface area contributed by atoms with Gasteiger partial charge < -0.3 is 5.32 Å². The van der Waals surface area contributed by atoms with Crippen LogP contribution in [0.5, 0.6) is 0 Å². The van der Waals surface area contributed by atoms with Crippen molar-refractivity contribution < 1.29 is 0 Å². The topological polar surface area (TPSA) is 58.9 Å². The van der Waals surface area contributed by atoms with Gasteiger partial charge in [-0.05, 0) is 28.1 Å². The van der Waals surface area contributed by atoms with Gasteiger partial charge in [0, 0.05) is 32.7 Å². The third kappa shape index (κ3) is 4.14. The molecule has 1 aliphatic heterocycles. The number of piperazine rings is 1. The van der Waals surface area contributed by atoms with Crippen molar-refractivity contribution in [1.82, 2.24) is 30.4 Å². The molecule has 3 rings (SSSR count). The third-order valence-corrected chi connectivity index (χ3v) is 3.17. The standard InChI is InChI=1S/C12H16N6.2ClH/c1-3-12(18-10-14-15-16-18)4-2-11(1)9-17-7-5-13-6-8-17;;/h1-4,10,13H,5-9H2;2*1H. The van der Waals surface area contributed by atoms with Gasteiger partial charge in [0.25, 0.3) is 0 Å². The van der Waals surface area contributed by atoms with Crippen LogP contribution in [0.4, 0.5) is 0 Å². The Kier molecular flexibility index (Phi) is 6.87. The van der Waals surface area contributed by atoms with E-state index < -0.39 is 0 Å². The second-order valence-corrected chi connectivity index (χ2v) is 4.45. The van der Waals surface area contributed by atoms with Crippen LogP contribution < -0.4 is 5.32 Å². The molecule has 0 spiro atoms. The summed E-state index contributed by atoms with van der Waals surface area (Å²) in [5.74, 6) is 0. The SMILES string of the molecule is Cl.Cl.c1cc(-n2cnnn2)ccc1CN1CCNCC1. The lowest BCUT2D eigenvalue weighted by atomic mass is 10.2. The second kappa shape index (κ2) is 8.16. The summed E-state index contributed by atoms with van der Waals surface area (Å²) in [6.45, 7) is 5.42. The lowest BCUT2D eigenvalue weighted by molar-refractivity contribution is 0.233. The Bertz CT molecular complexity index is 481. The van der Waals surface area contributed by atoms with Crippen LogP contribution in [0, 0.1) is 0 Å². The molecule has 6 nitrogen and oxygen atoms in total. The highest BCUT2D eigenvalue weighted by Gasteiger charge is 2.09. The second-order valence-electron chi connectivity index (χ2n) is 4.45. The van der Waals surface area contributed by atoms with Gasteiger partial charge in [0.15, 0.2) is 0 Å². The molecule has 0 atom stereocenters. The van der Waals surface area contributed by atoms with Crippen LogP contribution in [0.2, 0.25) is 0 Å². The molecule has 0 amide bonds. The van der Waals surface area contributed by atoms with Crippen molar-refractivity contribution in [3.8, 4) is 5.69 Å². The van der Waals surface area contributed by atoms with Crippen LogP contribution in [-0.2, 0) is 6.54 Å². The molecule has 0 unspecified atom stereocenters. The van der Waals surface area contributed by atoms with Crippen molar-refractivity contribution in [2.45, 2.75) is 6.54 Å². The summed E-state index contributed by atoms with van der Waals surface area (Å²) >= 11 is 0. The van der Waals surface area contributed by atoms with Crippen LogP contribution in [-0.4, -0.2) is 51.3 Å². The maximum atomic E-state index is 3.87. The normalized spacial score (nSPS) is 15.2. The molecule has 1 aromatic heterocycles. The molecule has 0 saturated carbocycles. The fourth-order valence-electron chi connectivity index (χ4n) is 2.16. The van der Waals surface area contributed by atoms with Crippen LogP contribution in [0.3, 0.4) is 0 Å². The van der Waals surface area contributed by atoms with Crippen molar-refractivity contribution in [1.29, 1.82) is 0 Å². The average molecular weight is 317 g/mol. The molecule has 1 saturated heterocycles. The molecule has 0 aliphatic carbocycles. The minimum absolute atomic E-state index is 0. The Morgan fingerprint density at radius 2 is 1.75 bits per heavy atom. The van der Waals surface area contributed by atoms with Crippen LogP contribution in [0.25, 0.3) is 5.69 Å². The fourth-order valence-corrected chi connectivity index (χ4v) is 2.16. The highest BCUT2D eigenvalue weighted by atomic mass is 35.5. The molecule has 110 valence electrons. The van der Waals surface area contributed by atoms with Gasteiger partial charge in [0.05, 0.1) is 5.69 Å². The van der Waals surface area contributed by atoms with E-state index in [0.29, 0.717) is 0 Å². The minimum atomic E-state index is 0. The lowest BCUT2D eigenvalue weighted by Crippen LogP contribution is -2.42. The van der Waals surface area contributed by atoms with Crippen LogP contribution in [0.15, 0.2) is 30.6 Å². The van der Waals surface area contributed by atoms with E-state index >= 15 is 0 Å². The molecular weight excluding hydrogens is 299 g/mol. The molecule has 8 heteroatoms. The van der Waals surface area contributed by atoms with Gasteiger partial charge in [-0.25, -0.2) is 4.68 Å². The molecular formula is C12H18Cl2N6. The van der Waals surface area contributed by atoms with Crippen molar-refractivity contribution in [2.24, 2.45) is 0 Å². The molecule has 20 heavy (non-hydrogen) atoms. The average Bonchev–Trinajstić information content (AvgIpc) is 2.95. The van der Waals surface area contributed by atoms with Gasteiger partial charge in [-0.3, -0.25) is 4.90 Å². The molecule has 1 N–H and O–H groups in total. The molecule has 1 fully saturated rings. The first-order valence-electron chi connectivity index (χ1n) is 6.17. The minimum Gasteiger partial charge on any atom is -0.314 e. The number of hydrogen-bond donors (Lipinski definition) is 1. The fraction of sp³-hybridized carbons (Fsp3) is 0.417. The number of rotatable bonds is 3. The first-order chi connectivity index (χ1) is 8.92. The lowest BCUT2D eigenvalue weighted by Gasteiger charge is -2.27. The highest BCUT2D eigenvalue weighted by molar-refractivity contribution is 5.85. The number of aromatic nitrogens is 4. The van der Waals surface area contributed by atoms with Gasteiger partial charge in [0.2, 0.25) is 0 Å². The van der Waals surface area contributed by atoms with Gasteiger partial charge >= 0.3 is 0 Å². The quantitative estimate of drug-likeness (QED) is 0.912. The zero-order valence-electron chi connectivity index (χ0n) is 11.0. The number of hydrogen-bond acceptors (Lipinski definition) is 5. The summed E-state index contributed by atoms with van der Waals surface area (Å²) in [4.78, 5) is 2.46. The molecule has 1 aliphatic rings. The van der Waals surface area contributed by atoms with Crippen LogP contribution in [0.1, 0.15) is 5.56 Å².